The molecule has 9 heterocycles. The van der Waals surface area contributed by atoms with Gasteiger partial charge in [-0.25, -0.2) is 19.6 Å². The molecule has 4 aromatic heterocycles. The molecule has 5 aliphatic rings. The first kappa shape index (κ1) is 46.2. The molecule has 23 nitrogen and oxygen atoms in total. The van der Waals surface area contributed by atoms with E-state index in [1.165, 1.54) is 41.5 Å². The standard InChI is InChI=1S/C24H20N4O8.C24H20N4O7/c1-2-24(31)18-16(11-35-23(24)30)22(29)27-8-15-14(7-25-36-10-12-9-34-12)13-5-3-4-6-17(13)26-19(15)21(27)20(18)28(32)33;1-3-9-35-25-10-14-13-7-5-6-8-17(13)26-19-15(14)11-27-21(19)20(28(32)33)18-16(22(27)29)12-34-23(30)24(18,31)4-2/h3-7,12,31H,2,8-11H2,1H3;3,5-8,10,31H,1,4,9,11-12H2,2H3/b25-7+;25-10+/t12?,24-;24-/m00/s1. The van der Waals surface area contributed by atoms with Crippen LogP contribution in [-0.4, -0.2) is 89.5 Å². The van der Waals surface area contributed by atoms with Gasteiger partial charge in [0.15, 0.2) is 11.2 Å². The first-order chi connectivity index (χ1) is 34.2. The third-order valence-corrected chi connectivity index (χ3v) is 13.2. The summed E-state index contributed by atoms with van der Waals surface area (Å²) in [4.78, 5) is 95.3. The molecule has 1 fully saturated rings. The number of nitro groups is 2. The minimum atomic E-state index is -2.33. The van der Waals surface area contributed by atoms with Crippen LogP contribution >= 0.6 is 0 Å². The fraction of sp³-hybridized carbons (Fsp3) is 0.292. The maximum Gasteiger partial charge on any atom is 0.343 e. The summed E-state index contributed by atoms with van der Waals surface area (Å²) in [6, 6.07) is 14.3. The van der Waals surface area contributed by atoms with Crippen molar-refractivity contribution in [3.63, 3.8) is 0 Å². The number of ether oxygens (including phenoxy) is 3. The van der Waals surface area contributed by atoms with Gasteiger partial charge in [-0.15, -0.1) is 0 Å². The summed E-state index contributed by atoms with van der Waals surface area (Å²) < 4.78 is 17.7. The van der Waals surface area contributed by atoms with E-state index in [2.05, 4.69) is 26.9 Å². The second kappa shape index (κ2) is 17.5. The molecule has 71 heavy (non-hydrogen) atoms. The monoisotopic (exact) mass is 968 g/mol. The molecule has 0 saturated carbocycles. The van der Waals surface area contributed by atoms with E-state index >= 15 is 0 Å². The van der Waals surface area contributed by atoms with Crippen LogP contribution in [0.15, 0.2) is 81.1 Å². The van der Waals surface area contributed by atoms with Crippen molar-refractivity contribution in [3.05, 3.63) is 147 Å². The lowest BCUT2D eigenvalue weighted by molar-refractivity contribution is -0.386. The lowest BCUT2D eigenvalue weighted by atomic mass is 9.84. The Balaban J connectivity index is 0.000000164. The SMILES string of the molecule is C=CCO/N=C/c1c2c(nc3ccccc13)-c1c([N+](=O)[O-])c3c(c(=O)n1C2)COC(=O)[C@]3(O)CC.CC[C@@]1(O)C(=O)OCc2c1c([N+](=O)[O-])c1n(c2=O)Cc2c-1nc1ccccc1c2/C=N/OCC1CO1. The number of epoxide rings is 1. The van der Waals surface area contributed by atoms with Crippen molar-refractivity contribution in [1.29, 1.82) is 0 Å². The smallest absolute Gasteiger partial charge is 0.343 e. The molecule has 2 aromatic carbocycles. The Hall–Kier alpha value is -8.54. The Labute approximate surface area is 399 Å². The predicted octanol–water partition coefficient (Wildman–Crippen LogP) is 4.26. The molecule has 1 unspecified atom stereocenters. The van der Waals surface area contributed by atoms with E-state index in [0.717, 1.165) is 5.39 Å². The summed E-state index contributed by atoms with van der Waals surface area (Å²) in [5.41, 5.74) is -4.18. The van der Waals surface area contributed by atoms with Crippen LogP contribution in [0.5, 0.6) is 0 Å². The van der Waals surface area contributed by atoms with Crippen LogP contribution in [0.3, 0.4) is 0 Å². The van der Waals surface area contributed by atoms with Crippen molar-refractivity contribution in [3.8, 4) is 22.8 Å². The highest BCUT2D eigenvalue weighted by atomic mass is 16.7. The van der Waals surface area contributed by atoms with Gasteiger partial charge in [-0.3, -0.25) is 39.0 Å². The summed E-state index contributed by atoms with van der Waals surface area (Å²) in [7, 11) is 0. The quantitative estimate of drug-likeness (QED) is 0.0329. The minimum absolute atomic E-state index is 0.0129. The molecule has 0 aliphatic carbocycles. The second-order valence-corrected chi connectivity index (χ2v) is 17.0. The summed E-state index contributed by atoms with van der Waals surface area (Å²) >= 11 is 0. The van der Waals surface area contributed by atoms with Crippen molar-refractivity contribution in [1.82, 2.24) is 19.1 Å². The highest BCUT2D eigenvalue weighted by Gasteiger charge is 2.53. The van der Waals surface area contributed by atoms with Crippen molar-refractivity contribution < 1.29 is 53.5 Å². The normalized spacial score (nSPS) is 20.0. The molecule has 5 aliphatic heterocycles. The van der Waals surface area contributed by atoms with Crippen LogP contribution < -0.4 is 11.1 Å². The molecule has 2 N–H and O–H groups in total. The molecule has 1 saturated heterocycles. The number of rotatable bonds is 12. The van der Waals surface area contributed by atoms with Gasteiger partial charge < -0.3 is 34.1 Å². The number of fused-ring (bicyclic) bond motifs is 10. The molecule has 0 spiro atoms. The number of aromatic nitrogens is 4. The van der Waals surface area contributed by atoms with Gasteiger partial charge in [-0.05, 0) is 25.0 Å². The van der Waals surface area contributed by atoms with Crippen LogP contribution in [0.4, 0.5) is 11.4 Å². The molecule has 6 aromatic rings. The van der Waals surface area contributed by atoms with E-state index in [9.17, 15) is 49.6 Å². The number of cyclic esters (lactones) is 2. The molecule has 0 amide bonds. The van der Waals surface area contributed by atoms with Crippen molar-refractivity contribution in [2.45, 2.75) is 70.3 Å². The Morgan fingerprint density at radius 1 is 0.746 bits per heavy atom. The van der Waals surface area contributed by atoms with Crippen LogP contribution in [0.25, 0.3) is 44.6 Å². The van der Waals surface area contributed by atoms with Gasteiger partial charge in [0.25, 0.3) is 11.1 Å². The largest absolute Gasteiger partial charge is 0.458 e. The Kier molecular flexibility index (Phi) is 11.4. The Morgan fingerprint density at radius 2 is 1.18 bits per heavy atom. The Bertz CT molecular complexity index is 3540. The van der Waals surface area contributed by atoms with Crippen LogP contribution in [-0.2, 0) is 71.0 Å². The second-order valence-electron chi connectivity index (χ2n) is 17.0. The van der Waals surface area contributed by atoms with Gasteiger partial charge in [-0.1, -0.05) is 73.2 Å². The number of hydrogen-bond acceptors (Lipinski definition) is 19. The minimum Gasteiger partial charge on any atom is -0.458 e. The van der Waals surface area contributed by atoms with Crippen LogP contribution in [0.2, 0.25) is 0 Å². The van der Waals surface area contributed by atoms with Crippen molar-refractivity contribution >= 4 is 57.5 Å². The molecular formula is C48H40N8O15. The zero-order chi connectivity index (χ0) is 50.1. The number of hydrogen-bond donors (Lipinski definition) is 2. The van der Waals surface area contributed by atoms with E-state index in [4.69, 9.17) is 23.9 Å². The predicted molar refractivity (Wildman–Crippen MR) is 249 cm³/mol. The van der Waals surface area contributed by atoms with Gasteiger partial charge >= 0.3 is 23.3 Å². The Morgan fingerprint density at radius 3 is 1.59 bits per heavy atom. The zero-order valence-electron chi connectivity index (χ0n) is 37.8. The number of carbonyl (C=O) groups is 2. The first-order valence-corrected chi connectivity index (χ1v) is 22.2. The number of nitrogens with zero attached hydrogens (tertiary/aromatic N) is 8. The average Bonchev–Trinajstić information content (AvgIpc) is 4.01. The molecular weight excluding hydrogens is 929 g/mol. The maximum absolute atomic E-state index is 13.5. The average molecular weight is 969 g/mol. The highest BCUT2D eigenvalue weighted by molar-refractivity contribution is 6.04. The summed E-state index contributed by atoms with van der Waals surface area (Å²) in [6.07, 6.45) is 4.11. The van der Waals surface area contributed by atoms with E-state index in [1.54, 1.807) is 24.3 Å². The first-order valence-electron chi connectivity index (χ1n) is 22.2. The fourth-order valence-corrected chi connectivity index (χ4v) is 9.62. The number of oxime groups is 2. The number of esters is 2. The number of para-hydroxylation sites is 2. The summed E-state index contributed by atoms with van der Waals surface area (Å²) in [6.45, 7) is 6.69. The van der Waals surface area contributed by atoms with Crippen molar-refractivity contribution in [2.24, 2.45) is 10.3 Å². The van der Waals surface area contributed by atoms with Gasteiger partial charge in [0, 0.05) is 33.0 Å². The van der Waals surface area contributed by atoms with Crippen LogP contribution in [0.1, 0.15) is 71.2 Å². The molecule has 11 rings (SSSR count). The van der Waals surface area contributed by atoms with E-state index < -0.39 is 68.7 Å². The van der Waals surface area contributed by atoms with E-state index in [0.29, 0.717) is 51.9 Å². The molecule has 0 bridgehead atoms. The third kappa shape index (κ3) is 7.22. The van der Waals surface area contributed by atoms with E-state index in [-0.39, 0.29) is 83.7 Å². The number of pyridine rings is 4. The van der Waals surface area contributed by atoms with Crippen LogP contribution in [0, 0.1) is 20.2 Å². The molecule has 362 valence electrons. The summed E-state index contributed by atoms with van der Waals surface area (Å²) in [5, 5.41) is 56.6. The van der Waals surface area contributed by atoms with Crippen molar-refractivity contribution in [2.75, 3.05) is 19.8 Å². The number of carbonyl (C=O) groups excluding carboxylic acids is 2. The molecule has 0 radical (unpaired) electrons. The fourth-order valence-electron chi connectivity index (χ4n) is 9.62. The number of aliphatic hydroxyl groups is 2. The third-order valence-electron chi connectivity index (χ3n) is 13.2. The topological polar surface area (TPSA) is 305 Å². The van der Waals surface area contributed by atoms with Gasteiger partial charge in [0.1, 0.15) is 55.3 Å². The highest BCUT2D eigenvalue weighted by Crippen LogP contribution is 2.49. The van der Waals surface area contributed by atoms with E-state index in [1.807, 2.05) is 24.3 Å². The van der Waals surface area contributed by atoms with Gasteiger partial charge in [0.2, 0.25) is 0 Å². The molecule has 23 heteroatoms. The van der Waals surface area contributed by atoms with Gasteiger partial charge in [0.05, 0.1) is 75.3 Å². The lowest BCUT2D eigenvalue weighted by Gasteiger charge is -2.31. The molecule has 3 atom stereocenters. The zero-order valence-corrected chi connectivity index (χ0v) is 37.8. The number of benzene rings is 2. The maximum atomic E-state index is 13.5. The van der Waals surface area contributed by atoms with Gasteiger partial charge in [-0.2, -0.15) is 0 Å². The summed E-state index contributed by atoms with van der Waals surface area (Å²) in [5.74, 6) is -2.06. The lowest BCUT2D eigenvalue weighted by Crippen LogP contribution is -2.45.